The van der Waals surface area contributed by atoms with Gasteiger partial charge in [-0.1, -0.05) is 11.6 Å². The summed E-state index contributed by atoms with van der Waals surface area (Å²) in [6, 6.07) is 9.33. The van der Waals surface area contributed by atoms with E-state index < -0.39 is 0 Å². The summed E-state index contributed by atoms with van der Waals surface area (Å²) in [5.74, 6) is 1.08. The molecule has 0 radical (unpaired) electrons. The standard InChI is InChI=1S/C20H22ClN5O/c1-12-7-16(21)8-13(2)19(12)25-18-9-17(15-5-4-6-22-10-15)24-20(26-18)23-14(3)11-27/h4-10,14,27H,11H2,1-3H3,(H2,23,24,25,26)/t14-/m0/s1. The summed E-state index contributed by atoms with van der Waals surface area (Å²) in [6.07, 6.45) is 3.47. The van der Waals surface area contributed by atoms with E-state index in [0.717, 1.165) is 28.1 Å². The summed E-state index contributed by atoms with van der Waals surface area (Å²) < 4.78 is 0. The van der Waals surface area contributed by atoms with Crippen molar-refractivity contribution in [1.82, 2.24) is 15.0 Å². The Morgan fingerprint density at radius 3 is 2.52 bits per heavy atom. The second-order valence-corrected chi connectivity index (χ2v) is 6.91. The van der Waals surface area contributed by atoms with Gasteiger partial charge < -0.3 is 15.7 Å². The van der Waals surface area contributed by atoms with Gasteiger partial charge in [-0.15, -0.1) is 0 Å². The number of nitrogens with one attached hydrogen (secondary N) is 2. The van der Waals surface area contributed by atoms with E-state index in [1.165, 1.54) is 0 Å². The van der Waals surface area contributed by atoms with Crippen LogP contribution in [0.4, 0.5) is 17.5 Å². The van der Waals surface area contributed by atoms with E-state index in [0.29, 0.717) is 16.8 Å². The number of hydrogen-bond donors (Lipinski definition) is 3. The minimum absolute atomic E-state index is 0.0152. The maximum atomic E-state index is 9.33. The molecule has 2 aromatic heterocycles. The fourth-order valence-corrected chi connectivity index (χ4v) is 3.07. The van der Waals surface area contributed by atoms with E-state index in [9.17, 15) is 5.11 Å². The summed E-state index contributed by atoms with van der Waals surface area (Å²) in [6.45, 7) is 5.84. The van der Waals surface area contributed by atoms with Gasteiger partial charge in [0.1, 0.15) is 5.82 Å². The van der Waals surface area contributed by atoms with Gasteiger partial charge in [0.25, 0.3) is 0 Å². The lowest BCUT2D eigenvalue weighted by molar-refractivity contribution is 0.281. The van der Waals surface area contributed by atoms with Gasteiger partial charge in [-0.3, -0.25) is 4.98 Å². The molecule has 2 heterocycles. The van der Waals surface area contributed by atoms with Crippen molar-refractivity contribution in [3.05, 3.63) is 58.9 Å². The zero-order valence-corrected chi connectivity index (χ0v) is 16.2. The number of aromatic nitrogens is 3. The van der Waals surface area contributed by atoms with Crippen LogP contribution in [0.25, 0.3) is 11.3 Å². The number of aliphatic hydroxyl groups is 1. The third-order valence-corrected chi connectivity index (χ3v) is 4.30. The Morgan fingerprint density at radius 2 is 1.89 bits per heavy atom. The molecular weight excluding hydrogens is 362 g/mol. The van der Waals surface area contributed by atoms with Crippen LogP contribution in [-0.4, -0.2) is 32.7 Å². The van der Waals surface area contributed by atoms with Gasteiger partial charge >= 0.3 is 0 Å². The summed E-state index contributed by atoms with van der Waals surface area (Å²) in [5, 5.41) is 16.5. The minimum Gasteiger partial charge on any atom is -0.394 e. The van der Waals surface area contributed by atoms with Crippen molar-refractivity contribution in [3.63, 3.8) is 0 Å². The quantitative estimate of drug-likeness (QED) is 0.587. The number of anilines is 3. The summed E-state index contributed by atoms with van der Waals surface area (Å²) in [4.78, 5) is 13.3. The third-order valence-electron chi connectivity index (χ3n) is 4.08. The first-order valence-electron chi connectivity index (χ1n) is 8.67. The lowest BCUT2D eigenvalue weighted by Crippen LogP contribution is -2.21. The van der Waals surface area contributed by atoms with E-state index in [2.05, 4.69) is 25.6 Å². The molecule has 1 aromatic carbocycles. The molecule has 0 saturated heterocycles. The maximum Gasteiger partial charge on any atom is 0.225 e. The Labute approximate surface area is 163 Å². The highest BCUT2D eigenvalue weighted by molar-refractivity contribution is 6.30. The van der Waals surface area contributed by atoms with Crippen LogP contribution in [0.3, 0.4) is 0 Å². The molecule has 0 aliphatic carbocycles. The van der Waals surface area contributed by atoms with Crippen molar-refractivity contribution in [2.45, 2.75) is 26.8 Å². The fourth-order valence-electron chi connectivity index (χ4n) is 2.74. The van der Waals surface area contributed by atoms with Crippen molar-refractivity contribution >= 4 is 29.1 Å². The molecule has 0 spiro atoms. The molecule has 0 bridgehead atoms. The molecule has 0 unspecified atom stereocenters. The van der Waals surface area contributed by atoms with E-state index in [1.807, 2.05) is 51.1 Å². The zero-order chi connectivity index (χ0) is 19.4. The van der Waals surface area contributed by atoms with Crippen LogP contribution >= 0.6 is 11.6 Å². The molecule has 0 amide bonds. The number of hydrogen-bond acceptors (Lipinski definition) is 6. The van der Waals surface area contributed by atoms with Gasteiger partial charge in [0.2, 0.25) is 5.95 Å². The Balaban J connectivity index is 2.02. The third kappa shape index (κ3) is 4.72. The fraction of sp³-hybridized carbons (Fsp3) is 0.250. The smallest absolute Gasteiger partial charge is 0.225 e. The Hall–Kier alpha value is -2.70. The zero-order valence-electron chi connectivity index (χ0n) is 15.5. The SMILES string of the molecule is Cc1cc(Cl)cc(C)c1Nc1cc(-c2cccnc2)nc(N[C@@H](C)CO)n1. The maximum absolute atomic E-state index is 9.33. The lowest BCUT2D eigenvalue weighted by atomic mass is 10.1. The number of aliphatic hydroxyl groups excluding tert-OH is 1. The Kier molecular flexibility index (Phi) is 5.88. The van der Waals surface area contributed by atoms with Crippen molar-refractivity contribution in [2.24, 2.45) is 0 Å². The number of halogens is 1. The molecule has 6 nitrogen and oxygen atoms in total. The Morgan fingerprint density at radius 1 is 1.15 bits per heavy atom. The number of pyridine rings is 1. The van der Waals surface area contributed by atoms with Crippen LogP contribution < -0.4 is 10.6 Å². The van der Waals surface area contributed by atoms with Gasteiger partial charge in [0.15, 0.2) is 0 Å². The summed E-state index contributed by atoms with van der Waals surface area (Å²) >= 11 is 6.13. The highest BCUT2D eigenvalue weighted by Crippen LogP contribution is 2.29. The van der Waals surface area contributed by atoms with Gasteiger partial charge in [-0.05, 0) is 56.2 Å². The second-order valence-electron chi connectivity index (χ2n) is 6.47. The number of nitrogens with zero attached hydrogens (tertiary/aromatic N) is 3. The molecule has 3 rings (SSSR count). The molecule has 0 fully saturated rings. The monoisotopic (exact) mass is 383 g/mol. The lowest BCUT2D eigenvalue weighted by Gasteiger charge is -2.16. The van der Waals surface area contributed by atoms with Gasteiger partial charge in [0.05, 0.1) is 12.3 Å². The van der Waals surface area contributed by atoms with Crippen molar-refractivity contribution < 1.29 is 5.11 Å². The summed E-state index contributed by atoms with van der Waals surface area (Å²) in [7, 11) is 0. The average molecular weight is 384 g/mol. The average Bonchev–Trinajstić information content (AvgIpc) is 2.65. The van der Waals surface area contributed by atoms with E-state index in [-0.39, 0.29) is 12.6 Å². The predicted octanol–water partition coefficient (Wildman–Crippen LogP) is 4.35. The molecule has 0 aliphatic rings. The number of aryl methyl sites for hydroxylation is 2. The molecular formula is C20H22ClN5O. The molecule has 140 valence electrons. The van der Waals surface area contributed by atoms with Crippen molar-refractivity contribution in [2.75, 3.05) is 17.2 Å². The van der Waals surface area contributed by atoms with E-state index >= 15 is 0 Å². The Bertz CT molecular complexity index is 910. The van der Waals surface area contributed by atoms with E-state index in [4.69, 9.17) is 11.6 Å². The van der Waals surface area contributed by atoms with Crippen molar-refractivity contribution in [1.29, 1.82) is 0 Å². The molecule has 1 atom stereocenters. The van der Waals surface area contributed by atoms with Crippen LogP contribution in [0.1, 0.15) is 18.1 Å². The molecule has 0 aliphatic heterocycles. The first kappa shape index (κ1) is 19.1. The number of rotatable bonds is 6. The number of benzene rings is 1. The predicted molar refractivity (Wildman–Crippen MR) is 110 cm³/mol. The van der Waals surface area contributed by atoms with Crippen LogP contribution in [0, 0.1) is 13.8 Å². The molecule has 7 heteroatoms. The van der Waals surface area contributed by atoms with Crippen LogP contribution in [0.15, 0.2) is 42.7 Å². The minimum atomic E-state index is -0.166. The first-order valence-corrected chi connectivity index (χ1v) is 9.04. The van der Waals surface area contributed by atoms with E-state index in [1.54, 1.807) is 12.4 Å². The molecule has 0 saturated carbocycles. The highest BCUT2D eigenvalue weighted by atomic mass is 35.5. The normalized spacial score (nSPS) is 11.9. The van der Waals surface area contributed by atoms with Crippen LogP contribution in [-0.2, 0) is 0 Å². The second kappa shape index (κ2) is 8.33. The largest absolute Gasteiger partial charge is 0.394 e. The van der Waals surface area contributed by atoms with Crippen LogP contribution in [0.2, 0.25) is 5.02 Å². The molecule has 27 heavy (non-hydrogen) atoms. The first-order chi connectivity index (χ1) is 13.0. The van der Waals surface area contributed by atoms with Gasteiger partial charge in [-0.25, -0.2) is 4.98 Å². The van der Waals surface area contributed by atoms with Gasteiger partial charge in [-0.2, -0.15) is 4.98 Å². The topological polar surface area (TPSA) is 83.0 Å². The van der Waals surface area contributed by atoms with Crippen LogP contribution in [0.5, 0.6) is 0 Å². The highest BCUT2D eigenvalue weighted by Gasteiger charge is 2.11. The van der Waals surface area contributed by atoms with Crippen molar-refractivity contribution in [3.8, 4) is 11.3 Å². The summed E-state index contributed by atoms with van der Waals surface area (Å²) in [5.41, 5.74) is 4.63. The molecule has 3 aromatic rings. The molecule has 3 N–H and O–H groups in total. The van der Waals surface area contributed by atoms with Gasteiger partial charge in [0, 0.05) is 40.8 Å².